The van der Waals surface area contributed by atoms with E-state index in [9.17, 15) is 13.2 Å². The van der Waals surface area contributed by atoms with E-state index in [0.717, 1.165) is 5.69 Å². The molecule has 0 amide bonds. The number of imidazole rings is 1. The molecule has 6 heteroatoms. The molecule has 0 N–H and O–H groups in total. The summed E-state index contributed by atoms with van der Waals surface area (Å²) >= 11 is 0. The largest absolute Gasteiger partial charge is 0.573 e. The van der Waals surface area contributed by atoms with E-state index in [1.807, 2.05) is 13.8 Å². The van der Waals surface area contributed by atoms with Crippen molar-refractivity contribution in [1.82, 2.24) is 9.38 Å². The number of pyridine rings is 1. The van der Waals surface area contributed by atoms with Crippen LogP contribution >= 0.6 is 0 Å². The van der Waals surface area contributed by atoms with E-state index in [4.69, 9.17) is 0 Å². The number of hydrogen-bond donors (Lipinski definition) is 0. The summed E-state index contributed by atoms with van der Waals surface area (Å²) in [6.45, 7) is 5.75. The fourth-order valence-electron chi connectivity index (χ4n) is 1.28. The van der Waals surface area contributed by atoms with Gasteiger partial charge in [-0.1, -0.05) is 13.8 Å². The molecule has 0 fully saturated rings. The smallest absolute Gasteiger partial charge is 0.404 e. The lowest BCUT2D eigenvalue weighted by Gasteiger charge is -2.08. The zero-order chi connectivity index (χ0) is 13.1. The molecule has 94 valence electrons. The maximum absolute atomic E-state index is 11.9. The summed E-state index contributed by atoms with van der Waals surface area (Å²) in [5.74, 6) is -0.254. The Labute approximate surface area is 96.8 Å². The number of hydrogen-bond acceptors (Lipinski definition) is 2. The van der Waals surface area contributed by atoms with Crippen molar-refractivity contribution in [2.75, 3.05) is 0 Å². The Morgan fingerprint density at radius 2 is 1.88 bits per heavy atom. The van der Waals surface area contributed by atoms with Gasteiger partial charge in [-0.3, -0.25) is 0 Å². The molecule has 0 aliphatic heterocycles. The normalized spacial score (nSPS) is 10.9. The molecule has 0 radical (unpaired) electrons. The van der Waals surface area contributed by atoms with Gasteiger partial charge in [0.15, 0.2) is 0 Å². The standard InChI is InChI=1S/C9H7F3N2O.C2H6/c1-6-4-13-8-3-2-7(5-14(6)8)15-9(10,11)12;1-2/h2-5H,1H3;1-2H3. The van der Waals surface area contributed by atoms with Crippen LogP contribution in [0.15, 0.2) is 24.5 Å². The molecular weight excluding hydrogens is 233 g/mol. The van der Waals surface area contributed by atoms with Crippen molar-refractivity contribution in [2.45, 2.75) is 27.1 Å². The van der Waals surface area contributed by atoms with Crippen LogP contribution in [0.4, 0.5) is 13.2 Å². The molecule has 2 heterocycles. The lowest BCUT2D eigenvalue weighted by molar-refractivity contribution is -0.274. The van der Waals surface area contributed by atoms with E-state index < -0.39 is 6.36 Å². The van der Waals surface area contributed by atoms with Crippen LogP contribution in [-0.2, 0) is 0 Å². The second kappa shape index (κ2) is 5.07. The number of aromatic nitrogens is 2. The number of ether oxygens (including phenoxy) is 1. The molecule has 0 spiro atoms. The Hall–Kier alpha value is -1.72. The first-order valence-electron chi connectivity index (χ1n) is 5.15. The molecule has 0 aromatic carbocycles. The first kappa shape index (κ1) is 13.3. The molecule has 0 saturated carbocycles. The number of aryl methyl sites for hydroxylation is 1. The number of alkyl halides is 3. The van der Waals surface area contributed by atoms with Crippen LogP contribution in [0, 0.1) is 6.92 Å². The van der Waals surface area contributed by atoms with Gasteiger partial charge in [0.2, 0.25) is 0 Å². The first-order chi connectivity index (χ1) is 7.96. The number of nitrogens with zero attached hydrogens (tertiary/aromatic N) is 2. The summed E-state index contributed by atoms with van der Waals surface area (Å²) in [4.78, 5) is 3.98. The van der Waals surface area contributed by atoms with Gasteiger partial charge in [-0.2, -0.15) is 0 Å². The van der Waals surface area contributed by atoms with Gasteiger partial charge in [-0.25, -0.2) is 4.98 Å². The zero-order valence-corrected chi connectivity index (χ0v) is 9.75. The molecule has 0 unspecified atom stereocenters. The van der Waals surface area contributed by atoms with E-state index in [1.54, 1.807) is 13.1 Å². The van der Waals surface area contributed by atoms with Gasteiger partial charge >= 0.3 is 6.36 Å². The van der Waals surface area contributed by atoms with Crippen molar-refractivity contribution in [3.63, 3.8) is 0 Å². The molecule has 17 heavy (non-hydrogen) atoms. The zero-order valence-electron chi connectivity index (χ0n) is 9.75. The van der Waals surface area contributed by atoms with Crippen molar-refractivity contribution in [2.24, 2.45) is 0 Å². The summed E-state index contributed by atoms with van der Waals surface area (Å²) < 4.78 is 41.1. The van der Waals surface area contributed by atoms with E-state index >= 15 is 0 Å². The maximum Gasteiger partial charge on any atom is 0.573 e. The quantitative estimate of drug-likeness (QED) is 0.769. The van der Waals surface area contributed by atoms with Gasteiger partial charge in [0.05, 0.1) is 6.20 Å². The molecule has 3 nitrogen and oxygen atoms in total. The molecular formula is C11H13F3N2O. The van der Waals surface area contributed by atoms with Crippen LogP contribution in [0.2, 0.25) is 0 Å². The average molecular weight is 246 g/mol. The van der Waals surface area contributed by atoms with E-state index in [0.29, 0.717) is 5.65 Å². The second-order valence-electron chi connectivity index (χ2n) is 3.04. The summed E-state index contributed by atoms with van der Waals surface area (Å²) in [5.41, 5.74) is 1.33. The third-order valence-corrected chi connectivity index (χ3v) is 1.90. The summed E-state index contributed by atoms with van der Waals surface area (Å²) in [6.07, 6.45) is -1.83. The third kappa shape index (κ3) is 3.37. The van der Waals surface area contributed by atoms with Crippen LogP contribution in [0.3, 0.4) is 0 Å². The number of rotatable bonds is 1. The van der Waals surface area contributed by atoms with Gasteiger partial charge in [-0.15, -0.1) is 13.2 Å². The van der Waals surface area contributed by atoms with Crippen molar-refractivity contribution >= 4 is 5.65 Å². The monoisotopic (exact) mass is 246 g/mol. The molecule has 2 aromatic heterocycles. The first-order valence-corrected chi connectivity index (χ1v) is 5.15. The molecule has 0 aliphatic carbocycles. The predicted octanol–water partition coefficient (Wildman–Crippen LogP) is 3.57. The Balaban J connectivity index is 0.000000686. The Kier molecular flexibility index (Phi) is 3.98. The summed E-state index contributed by atoms with van der Waals surface area (Å²) in [5, 5.41) is 0. The molecule has 0 saturated heterocycles. The molecule has 0 aliphatic rings. The highest BCUT2D eigenvalue weighted by molar-refractivity contribution is 5.43. The van der Waals surface area contributed by atoms with Gasteiger partial charge in [0.25, 0.3) is 0 Å². The fourth-order valence-corrected chi connectivity index (χ4v) is 1.28. The number of halogens is 3. The van der Waals surface area contributed by atoms with Crippen LogP contribution in [0.1, 0.15) is 19.5 Å². The van der Waals surface area contributed by atoms with Crippen LogP contribution < -0.4 is 4.74 Å². The van der Waals surface area contributed by atoms with Crippen LogP contribution in [-0.4, -0.2) is 15.7 Å². The van der Waals surface area contributed by atoms with E-state index in [-0.39, 0.29) is 5.75 Å². The minimum atomic E-state index is -4.66. The van der Waals surface area contributed by atoms with Crippen molar-refractivity contribution in [3.8, 4) is 5.75 Å². The van der Waals surface area contributed by atoms with E-state index in [2.05, 4.69) is 9.72 Å². The van der Waals surface area contributed by atoms with Gasteiger partial charge in [-0.05, 0) is 19.1 Å². The molecule has 2 aromatic rings. The Morgan fingerprint density at radius 3 is 2.47 bits per heavy atom. The summed E-state index contributed by atoms with van der Waals surface area (Å²) in [6, 6.07) is 2.70. The van der Waals surface area contributed by atoms with Gasteiger partial charge in [0, 0.05) is 11.9 Å². The second-order valence-corrected chi connectivity index (χ2v) is 3.04. The highest BCUT2D eigenvalue weighted by atomic mass is 19.4. The third-order valence-electron chi connectivity index (χ3n) is 1.90. The SMILES string of the molecule is CC.Cc1cnc2ccc(OC(F)(F)F)cn12. The minimum absolute atomic E-state index is 0.254. The molecule has 0 atom stereocenters. The van der Waals surface area contributed by atoms with Crippen molar-refractivity contribution < 1.29 is 17.9 Å². The number of fused-ring (bicyclic) bond motifs is 1. The average Bonchev–Trinajstić information content (AvgIpc) is 2.61. The topological polar surface area (TPSA) is 26.5 Å². The van der Waals surface area contributed by atoms with Gasteiger partial charge in [0.1, 0.15) is 11.4 Å². The van der Waals surface area contributed by atoms with Crippen LogP contribution in [0.25, 0.3) is 5.65 Å². The van der Waals surface area contributed by atoms with Crippen LogP contribution in [0.5, 0.6) is 5.75 Å². The minimum Gasteiger partial charge on any atom is -0.404 e. The lowest BCUT2D eigenvalue weighted by atomic mass is 10.4. The lowest BCUT2D eigenvalue weighted by Crippen LogP contribution is -2.17. The predicted molar refractivity (Wildman–Crippen MR) is 58.0 cm³/mol. The Morgan fingerprint density at radius 1 is 1.24 bits per heavy atom. The maximum atomic E-state index is 11.9. The van der Waals surface area contributed by atoms with Gasteiger partial charge < -0.3 is 9.14 Å². The molecule has 2 rings (SSSR count). The van der Waals surface area contributed by atoms with E-state index in [1.165, 1.54) is 22.7 Å². The highest BCUT2D eigenvalue weighted by Crippen LogP contribution is 2.23. The van der Waals surface area contributed by atoms with Crippen molar-refractivity contribution in [1.29, 1.82) is 0 Å². The molecule has 0 bridgehead atoms. The summed E-state index contributed by atoms with van der Waals surface area (Å²) in [7, 11) is 0. The highest BCUT2D eigenvalue weighted by Gasteiger charge is 2.31. The van der Waals surface area contributed by atoms with Crippen molar-refractivity contribution in [3.05, 3.63) is 30.2 Å². The Bertz CT molecular complexity index is 491. The fraction of sp³-hybridized carbons (Fsp3) is 0.364.